The zero-order valence-electron chi connectivity index (χ0n) is 4.09. The minimum Gasteiger partial charge on any atom is -0.166 e. The van der Waals surface area contributed by atoms with E-state index in [9.17, 15) is 26.3 Å². The van der Waals surface area contributed by atoms with Crippen molar-refractivity contribution in [3.63, 3.8) is 0 Å². The maximum atomic E-state index is 11.2. The maximum absolute atomic E-state index is 11.2. The second-order valence-corrected chi connectivity index (χ2v) is 4.92. The van der Waals surface area contributed by atoms with Gasteiger partial charge in [0.1, 0.15) is 0 Å². The lowest BCUT2D eigenvalue weighted by Gasteiger charge is -2.15. The summed E-state index contributed by atoms with van der Waals surface area (Å²) < 4.78 is 67.2. The molecule has 0 N–H and O–H groups in total. The Labute approximate surface area is 61.1 Å². The summed E-state index contributed by atoms with van der Waals surface area (Å²) in [6, 6.07) is 0. The van der Waals surface area contributed by atoms with Gasteiger partial charge in [0.15, 0.2) is 6.62 Å². The molecule has 0 aliphatic carbocycles. The third-order valence-corrected chi connectivity index (χ3v) is 3.75. The van der Waals surface area contributed by atoms with Gasteiger partial charge in [-0.15, -0.1) is 0 Å². The van der Waals surface area contributed by atoms with Gasteiger partial charge in [-0.3, -0.25) is 0 Å². The fourth-order valence-corrected chi connectivity index (χ4v) is 0.431. The Morgan fingerprint density at radius 2 is 1.00 bits per heavy atom. The molecule has 0 nitrogen and oxygen atoms in total. The van der Waals surface area contributed by atoms with E-state index in [1.165, 1.54) is 15.5 Å². The van der Waals surface area contributed by atoms with Crippen LogP contribution in [0.2, 0.25) is 0 Å². The first kappa shape index (κ1) is 10.5. The predicted molar refractivity (Wildman–Crippen MR) is 28.0 cm³/mol. The molecule has 0 spiro atoms. The van der Waals surface area contributed by atoms with Crippen LogP contribution in [0.3, 0.4) is 0 Å². The van der Waals surface area contributed by atoms with Crippen LogP contribution in [0.4, 0.5) is 26.3 Å². The average Bonchev–Trinajstić information content (AvgIpc) is 1.59. The summed E-state index contributed by atoms with van der Waals surface area (Å²) in [5.74, 6) is -10.4. The summed E-state index contributed by atoms with van der Waals surface area (Å²) in [4.78, 5) is 0. The molecule has 0 heterocycles. The molecule has 0 aromatic heterocycles. The van der Waals surface area contributed by atoms with Gasteiger partial charge in [0.2, 0.25) is 0 Å². The summed E-state index contributed by atoms with van der Waals surface area (Å²) >= 11 is 1.53. The van der Waals surface area contributed by atoms with Crippen LogP contribution in [0.25, 0.3) is 0 Å². The van der Waals surface area contributed by atoms with E-state index in [4.69, 9.17) is 0 Å². The van der Waals surface area contributed by atoms with E-state index >= 15 is 0 Å². The second-order valence-electron chi connectivity index (χ2n) is 1.22. The van der Waals surface area contributed by atoms with Gasteiger partial charge >= 0.3 is 11.8 Å². The molecular weight excluding hydrogens is 249 g/mol. The first-order valence-corrected chi connectivity index (χ1v) is 5.11. The largest absolute Gasteiger partial charge is 0.424 e. The van der Waals surface area contributed by atoms with Gasteiger partial charge in [0.05, 0.1) is 0 Å². The number of alkyl halides is 6. The molecule has 8 heteroatoms. The molecule has 0 amide bonds. The van der Waals surface area contributed by atoms with Crippen LogP contribution >= 0.6 is 22.1 Å². The van der Waals surface area contributed by atoms with Crippen LogP contribution < -0.4 is 0 Å². The van der Waals surface area contributed by atoms with Crippen LogP contribution in [-0.4, -0.2) is 11.8 Å². The minimum absolute atomic E-state index is 1.53. The quantitative estimate of drug-likeness (QED) is 0.452. The Morgan fingerprint density at radius 1 is 0.800 bits per heavy atom. The summed E-state index contributed by atoms with van der Waals surface area (Å²) in [7, 11) is 0. The van der Waals surface area contributed by atoms with Crippen molar-refractivity contribution in [1.29, 1.82) is 0 Å². The molecule has 0 saturated carbocycles. The zero-order valence-corrected chi connectivity index (χ0v) is 6.57. The normalized spacial score (nSPS) is 14.4. The van der Waals surface area contributed by atoms with Crippen LogP contribution in [0, 0.1) is 0 Å². The highest BCUT2D eigenvalue weighted by molar-refractivity contribution is 9.39. The van der Waals surface area contributed by atoms with Crippen molar-refractivity contribution in [1.82, 2.24) is 0 Å². The van der Waals surface area contributed by atoms with E-state index < -0.39 is 18.5 Å². The van der Waals surface area contributed by atoms with Crippen molar-refractivity contribution in [3.05, 3.63) is 0 Å². The SMILES string of the molecule is FC(F)(F)P(Br)C(F)(F)F. The summed E-state index contributed by atoms with van der Waals surface area (Å²) in [6.07, 6.45) is 0. The van der Waals surface area contributed by atoms with Gasteiger partial charge in [-0.1, -0.05) is 0 Å². The monoisotopic (exact) mass is 248 g/mol. The fourth-order valence-electron chi connectivity index (χ4n) is 0.144. The number of rotatable bonds is 0. The Kier molecular flexibility index (Phi) is 2.99. The van der Waals surface area contributed by atoms with E-state index in [1.54, 1.807) is 0 Å². The van der Waals surface area contributed by atoms with Gasteiger partial charge in [0.25, 0.3) is 0 Å². The first-order valence-electron chi connectivity index (χ1n) is 1.75. The Morgan fingerprint density at radius 3 is 1.00 bits per heavy atom. The molecule has 62 valence electrons. The second kappa shape index (κ2) is 2.85. The summed E-state index contributed by atoms with van der Waals surface area (Å²) in [6.45, 7) is -4.05. The smallest absolute Gasteiger partial charge is 0.166 e. The van der Waals surface area contributed by atoms with E-state index in [2.05, 4.69) is 0 Å². The van der Waals surface area contributed by atoms with Crippen LogP contribution in [0.1, 0.15) is 0 Å². The molecule has 0 aliphatic heterocycles. The molecular formula is C2BrF6P. The summed E-state index contributed by atoms with van der Waals surface area (Å²) in [5, 5.41) is 0. The first-order chi connectivity index (χ1) is 4.15. The lowest BCUT2D eigenvalue weighted by atomic mass is 11.5. The molecule has 0 saturated heterocycles. The van der Waals surface area contributed by atoms with Crippen molar-refractivity contribution in [2.24, 2.45) is 0 Å². The summed E-state index contributed by atoms with van der Waals surface area (Å²) in [5.41, 5.74) is 0. The fraction of sp³-hybridized carbons (Fsp3) is 1.00. The van der Waals surface area contributed by atoms with Crippen molar-refractivity contribution in [2.45, 2.75) is 11.8 Å². The minimum atomic E-state index is -5.20. The van der Waals surface area contributed by atoms with Crippen molar-refractivity contribution < 1.29 is 26.3 Å². The number of halogens is 7. The van der Waals surface area contributed by atoms with Gasteiger partial charge in [-0.25, -0.2) is 0 Å². The lowest BCUT2D eigenvalue weighted by molar-refractivity contribution is -0.0789. The van der Waals surface area contributed by atoms with Crippen molar-refractivity contribution >= 4 is 22.1 Å². The van der Waals surface area contributed by atoms with E-state index in [-0.39, 0.29) is 0 Å². The highest BCUT2D eigenvalue weighted by atomic mass is 79.9. The Hall–Kier alpha value is 0.490. The van der Waals surface area contributed by atoms with Gasteiger partial charge in [0, 0.05) is 0 Å². The van der Waals surface area contributed by atoms with E-state index in [0.717, 1.165) is 0 Å². The van der Waals surface area contributed by atoms with Crippen molar-refractivity contribution in [2.75, 3.05) is 0 Å². The molecule has 0 unspecified atom stereocenters. The number of hydrogen-bond donors (Lipinski definition) is 0. The molecule has 0 radical (unpaired) electrons. The van der Waals surface area contributed by atoms with E-state index in [1.807, 2.05) is 0 Å². The highest BCUT2D eigenvalue weighted by Gasteiger charge is 2.55. The van der Waals surface area contributed by atoms with Crippen LogP contribution in [0.5, 0.6) is 0 Å². The maximum Gasteiger partial charge on any atom is 0.424 e. The Bertz CT molecular complexity index is 99.9. The third kappa shape index (κ3) is 3.05. The lowest BCUT2D eigenvalue weighted by Crippen LogP contribution is -2.13. The molecule has 0 aromatic carbocycles. The molecule has 0 rings (SSSR count). The highest BCUT2D eigenvalue weighted by Crippen LogP contribution is 2.69. The molecule has 10 heavy (non-hydrogen) atoms. The van der Waals surface area contributed by atoms with E-state index in [0.29, 0.717) is 0 Å². The average molecular weight is 249 g/mol. The van der Waals surface area contributed by atoms with Crippen LogP contribution in [0.15, 0.2) is 0 Å². The molecule has 0 aromatic rings. The standard InChI is InChI=1S/C2BrF6P/c3-10(1(4,5)6)2(7,8)9. The predicted octanol–water partition coefficient (Wildman–Crippen LogP) is 3.82. The van der Waals surface area contributed by atoms with Crippen LogP contribution in [-0.2, 0) is 0 Å². The molecule has 0 bridgehead atoms. The topological polar surface area (TPSA) is 0 Å². The van der Waals surface area contributed by atoms with Crippen molar-refractivity contribution in [3.8, 4) is 0 Å². The van der Waals surface area contributed by atoms with Gasteiger partial charge in [-0.05, 0) is 15.5 Å². The van der Waals surface area contributed by atoms with Gasteiger partial charge in [-0.2, -0.15) is 26.3 Å². The number of hydrogen-bond acceptors (Lipinski definition) is 0. The molecule has 0 aliphatic rings. The molecule has 0 atom stereocenters. The molecule has 0 fully saturated rings. The zero-order chi connectivity index (χ0) is 8.58. The third-order valence-electron chi connectivity index (χ3n) is 0.445. The Balaban J connectivity index is 4.23. The van der Waals surface area contributed by atoms with Gasteiger partial charge < -0.3 is 0 Å².